The number of carboxylic acid groups (broad SMARTS) is 1. The van der Waals surface area contributed by atoms with E-state index in [0.717, 1.165) is 12.8 Å². The first-order valence-electron chi connectivity index (χ1n) is 6.09. The molecule has 0 unspecified atom stereocenters. The molecule has 0 saturated carbocycles. The van der Waals surface area contributed by atoms with Crippen LogP contribution in [0.25, 0.3) is 0 Å². The zero-order chi connectivity index (χ0) is 14.0. The molecule has 1 amide bonds. The summed E-state index contributed by atoms with van der Waals surface area (Å²) in [7, 11) is 0. The number of aliphatic carboxylic acids is 1. The van der Waals surface area contributed by atoms with Crippen molar-refractivity contribution in [1.82, 2.24) is 5.32 Å². The number of rotatable bonds is 9. The minimum absolute atomic E-state index is 0.153. The molecule has 0 rings (SSSR count). The van der Waals surface area contributed by atoms with Crippen molar-refractivity contribution >= 4 is 11.9 Å². The quantitative estimate of drug-likeness (QED) is 0.370. The molecule has 0 atom stereocenters. The van der Waals surface area contributed by atoms with Gasteiger partial charge in [-0.15, -0.1) is 0 Å². The number of hydrogen-bond donors (Lipinski definition) is 2. The Bertz CT molecular complexity index is 312. The fraction of sp³-hybridized carbons (Fsp3) is 0.667. The van der Waals surface area contributed by atoms with Crippen LogP contribution in [-0.4, -0.2) is 36.7 Å². The van der Waals surface area contributed by atoms with E-state index in [1.807, 2.05) is 6.92 Å². The number of unbranched alkanes of at least 4 members (excludes halogenated alkanes) is 1. The minimum Gasteiger partial charge on any atom is -0.485 e. The molecule has 0 aromatic carbocycles. The second-order valence-electron chi connectivity index (χ2n) is 3.44. The van der Waals surface area contributed by atoms with Crippen molar-refractivity contribution in [3.8, 4) is 0 Å². The molecule has 0 spiro atoms. The smallest absolute Gasteiger partial charge is 0.375 e. The summed E-state index contributed by atoms with van der Waals surface area (Å²) in [6.45, 7) is 6.13. The highest BCUT2D eigenvalue weighted by atomic mass is 16.5. The number of carbonyl (C=O) groups is 2. The first kappa shape index (κ1) is 16.3. The Labute approximate surface area is 107 Å². The van der Waals surface area contributed by atoms with E-state index in [-0.39, 0.29) is 19.0 Å². The summed E-state index contributed by atoms with van der Waals surface area (Å²) in [5, 5.41) is 11.6. The summed E-state index contributed by atoms with van der Waals surface area (Å²) in [5.41, 5.74) is 0. The third kappa shape index (κ3) is 5.56. The van der Waals surface area contributed by atoms with Crippen molar-refractivity contribution in [2.45, 2.75) is 33.6 Å². The van der Waals surface area contributed by atoms with E-state index in [0.29, 0.717) is 6.54 Å². The largest absolute Gasteiger partial charge is 0.485 e. The normalized spacial score (nSPS) is 11.5. The lowest BCUT2D eigenvalue weighted by Crippen LogP contribution is -2.29. The predicted octanol–water partition coefficient (Wildman–Crippen LogP) is 1.27. The van der Waals surface area contributed by atoms with Crippen LogP contribution in [-0.2, 0) is 19.1 Å². The van der Waals surface area contributed by atoms with Gasteiger partial charge < -0.3 is 19.9 Å². The van der Waals surface area contributed by atoms with E-state index in [1.54, 1.807) is 13.8 Å². The SMILES string of the molecule is CCCCNC(=O)/C(OCC)=C(/OCC)C(=O)O. The summed E-state index contributed by atoms with van der Waals surface area (Å²) in [4.78, 5) is 22.8. The van der Waals surface area contributed by atoms with E-state index in [1.165, 1.54) is 0 Å². The van der Waals surface area contributed by atoms with Crippen LogP contribution in [0.2, 0.25) is 0 Å². The Morgan fingerprint density at radius 3 is 2.06 bits per heavy atom. The highest BCUT2D eigenvalue weighted by Crippen LogP contribution is 2.09. The van der Waals surface area contributed by atoms with Crippen molar-refractivity contribution in [3.05, 3.63) is 11.5 Å². The fourth-order valence-electron chi connectivity index (χ4n) is 1.21. The van der Waals surface area contributed by atoms with E-state index in [2.05, 4.69) is 5.32 Å². The maximum atomic E-state index is 11.8. The van der Waals surface area contributed by atoms with Crippen LogP contribution in [0, 0.1) is 0 Å². The van der Waals surface area contributed by atoms with Gasteiger partial charge in [0.25, 0.3) is 11.7 Å². The molecule has 2 N–H and O–H groups in total. The molecule has 0 saturated heterocycles. The molecule has 0 heterocycles. The highest BCUT2D eigenvalue weighted by Gasteiger charge is 2.23. The van der Waals surface area contributed by atoms with E-state index >= 15 is 0 Å². The van der Waals surface area contributed by atoms with Gasteiger partial charge in [0.1, 0.15) is 0 Å². The lowest BCUT2D eigenvalue weighted by atomic mass is 10.3. The van der Waals surface area contributed by atoms with Gasteiger partial charge >= 0.3 is 5.97 Å². The van der Waals surface area contributed by atoms with Crippen molar-refractivity contribution < 1.29 is 24.2 Å². The molecule has 0 radical (unpaired) electrons. The fourth-order valence-corrected chi connectivity index (χ4v) is 1.21. The van der Waals surface area contributed by atoms with Crippen molar-refractivity contribution in [3.63, 3.8) is 0 Å². The number of nitrogens with one attached hydrogen (secondary N) is 1. The van der Waals surface area contributed by atoms with Gasteiger partial charge in [0, 0.05) is 6.54 Å². The third-order valence-electron chi connectivity index (χ3n) is 2.00. The number of amides is 1. The summed E-state index contributed by atoms with van der Waals surface area (Å²) in [6, 6.07) is 0. The van der Waals surface area contributed by atoms with Gasteiger partial charge in [-0.3, -0.25) is 4.79 Å². The molecule has 6 heteroatoms. The lowest BCUT2D eigenvalue weighted by Gasteiger charge is -2.12. The Hall–Kier alpha value is -1.72. The van der Waals surface area contributed by atoms with Crippen molar-refractivity contribution in [1.29, 1.82) is 0 Å². The van der Waals surface area contributed by atoms with Gasteiger partial charge in [-0.2, -0.15) is 0 Å². The van der Waals surface area contributed by atoms with Gasteiger partial charge in [0.15, 0.2) is 0 Å². The van der Waals surface area contributed by atoms with E-state index < -0.39 is 17.6 Å². The third-order valence-corrected chi connectivity index (χ3v) is 2.00. The van der Waals surface area contributed by atoms with Crippen LogP contribution in [0.5, 0.6) is 0 Å². The van der Waals surface area contributed by atoms with Gasteiger partial charge in [0.2, 0.25) is 5.76 Å². The Morgan fingerprint density at radius 2 is 1.61 bits per heavy atom. The minimum atomic E-state index is -1.31. The van der Waals surface area contributed by atoms with Crippen LogP contribution in [0.3, 0.4) is 0 Å². The van der Waals surface area contributed by atoms with Gasteiger partial charge in [-0.1, -0.05) is 13.3 Å². The van der Waals surface area contributed by atoms with Gasteiger partial charge in [-0.25, -0.2) is 4.79 Å². The number of carboxylic acids is 1. The standard InChI is InChI=1S/C12H21NO5/c1-4-7-8-13-11(14)9(17-5-2)10(12(15)16)18-6-3/h4-8H2,1-3H3,(H,13,14)(H,15,16)/b10-9-. The molecule has 0 aliphatic heterocycles. The molecule has 0 aromatic rings. The molecular weight excluding hydrogens is 238 g/mol. The van der Waals surface area contributed by atoms with Gasteiger partial charge in [0.05, 0.1) is 13.2 Å². The van der Waals surface area contributed by atoms with E-state index in [4.69, 9.17) is 14.6 Å². The molecule has 0 aromatic heterocycles. The van der Waals surface area contributed by atoms with Crippen LogP contribution >= 0.6 is 0 Å². The zero-order valence-corrected chi connectivity index (χ0v) is 11.1. The topological polar surface area (TPSA) is 84.9 Å². The monoisotopic (exact) mass is 259 g/mol. The zero-order valence-electron chi connectivity index (χ0n) is 11.1. The Kier molecular flexibility index (Phi) is 8.43. The Morgan fingerprint density at radius 1 is 1.06 bits per heavy atom. The molecule has 0 fully saturated rings. The second kappa shape index (κ2) is 9.32. The summed E-state index contributed by atoms with van der Waals surface area (Å²) < 4.78 is 10.0. The average molecular weight is 259 g/mol. The lowest BCUT2D eigenvalue weighted by molar-refractivity contribution is -0.138. The van der Waals surface area contributed by atoms with Crippen LogP contribution in [0.1, 0.15) is 33.6 Å². The predicted molar refractivity (Wildman–Crippen MR) is 65.8 cm³/mol. The number of carbonyl (C=O) groups excluding carboxylic acids is 1. The second-order valence-corrected chi connectivity index (χ2v) is 3.44. The summed E-state index contributed by atoms with van der Waals surface area (Å²) in [5.74, 6) is -2.60. The van der Waals surface area contributed by atoms with E-state index in [9.17, 15) is 9.59 Å². The molecule has 0 bridgehead atoms. The van der Waals surface area contributed by atoms with Crippen LogP contribution in [0.4, 0.5) is 0 Å². The van der Waals surface area contributed by atoms with Gasteiger partial charge in [-0.05, 0) is 20.3 Å². The van der Waals surface area contributed by atoms with Crippen LogP contribution < -0.4 is 5.32 Å². The Balaban J connectivity index is 4.92. The number of ether oxygens (including phenoxy) is 2. The van der Waals surface area contributed by atoms with Crippen molar-refractivity contribution in [2.24, 2.45) is 0 Å². The van der Waals surface area contributed by atoms with Crippen molar-refractivity contribution in [2.75, 3.05) is 19.8 Å². The summed E-state index contributed by atoms with van der Waals surface area (Å²) in [6.07, 6.45) is 1.76. The van der Waals surface area contributed by atoms with Crippen LogP contribution in [0.15, 0.2) is 11.5 Å². The first-order valence-corrected chi connectivity index (χ1v) is 6.09. The molecular formula is C12H21NO5. The average Bonchev–Trinajstić information content (AvgIpc) is 2.33. The summed E-state index contributed by atoms with van der Waals surface area (Å²) >= 11 is 0. The highest BCUT2D eigenvalue weighted by molar-refractivity contribution is 5.99. The maximum absolute atomic E-state index is 11.8. The molecule has 0 aliphatic rings. The number of hydrogen-bond acceptors (Lipinski definition) is 4. The molecule has 18 heavy (non-hydrogen) atoms. The molecule has 6 nitrogen and oxygen atoms in total. The molecule has 0 aliphatic carbocycles. The first-order chi connectivity index (χ1) is 8.58. The molecule has 104 valence electrons. The maximum Gasteiger partial charge on any atom is 0.375 e.